The summed E-state index contributed by atoms with van der Waals surface area (Å²) < 4.78 is 5.78. The van der Waals surface area contributed by atoms with Crippen LogP contribution in [0.25, 0.3) is 22.6 Å². The highest BCUT2D eigenvalue weighted by molar-refractivity contribution is 7.98. The second-order valence-corrected chi connectivity index (χ2v) is 5.92. The Hall–Kier alpha value is -2.01. The van der Waals surface area contributed by atoms with Gasteiger partial charge in [0.1, 0.15) is 17.0 Å². The van der Waals surface area contributed by atoms with Crippen LogP contribution in [0.3, 0.4) is 0 Å². The number of ether oxygens (including phenoxy) is 1. The van der Waals surface area contributed by atoms with Crippen molar-refractivity contribution in [3.63, 3.8) is 0 Å². The maximum atomic E-state index is 5.78. The van der Waals surface area contributed by atoms with Crippen molar-refractivity contribution < 1.29 is 4.74 Å². The van der Waals surface area contributed by atoms with E-state index < -0.39 is 0 Å². The third-order valence-electron chi connectivity index (χ3n) is 3.54. The van der Waals surface area contributed by atoms with Crippen molar-refractivity contribution in [2.75, 3.05) is 12.9 Å². The van der Waals surface area contributed by atoms with Crippen LogP contribution in [0.1, 0.15) is 18.9 Å². The van der Waals surface area contributed by atoms with E-state index in [9.17, 15) is 0 Å². The van der Waals surface area contributed by atoms with Crippen LogP contribution in [0.5, 0.6) is 5.75 Å². The van der Waals surface area contributed by atoms with Gasteiger partial charge in [0, 0.05) is 16.7 Å². The van der Waals surface area contributed by atoms with Gasteiger partial charge in [-0.1, -0.05) is 13.0 Å². The molecule has 2 heterocycles. The molecule has 0 fully saturated rings. The fraction of sp³-hybridized carbons (Fsp3) is 0.294. The molecule has 114 valence electrons. The van der Waals surface area contributed by atoms with E-state index in [1.54, 1.807) is 18.0 Å². The number of fused-ring (bicyclic) bond motifs is 1. The summed E-state index contributed by atoms with van der Waals surface area (Å²) in [4.78, 5) is 13.8. The second kappa shape index (κ2) is 6.40. The summed E-state index contributed by atoms with van der Waals surface area (Å²) in [5, 5.41) is 0. The summed E-state index contributed by atoms with van der Waals surface area (Å²) in [5.41, 5.74) is 3.88. The third-order valence-corrected chi connectivity index (χ3v) is 4.31. The SMILES string of the molecule is CCCOc1ccnc(-c2nc3c(SC)cccc3[nH]2)c1C. The molecule has 0 atom stereocenters. The molecule has 0 aliphatic rings. The molecule has 0 radical (unpaired) electrons. The van der Waals surface area contributed by atoms with Gasteiger partial charge in [0.05, 0.1) is 12.1 Å². The second-order valence-electron chi connectivity index (χ2n) is 5.07. The molecule has 1 N–H and O–H groups in total. The fourth-order valence-electron chi connectivity index (χ4n) is 2.41. The molecule has 4 nitrogen and oxygen atoms in total. The molecule has 3 rings (SSSR count). The zero-order valence-electron chi connectivity index (χ0n) is 13.0. The standard InChI is InChI=1S/C17H19N3OS/c1-4-10-21-13-8-9-18-15(11(13)2)17-19-12-6-5-7-14(22-3)16(12)20-17/h5-9H,4,10H2,1-3H3,(H,19,20). The number of pyridine rings is 1. The summed E-state index contributed by atoms with van der Waals surface area (Å²) in [6.45, 7) is 4.83. The molecule has 2 aromatic heterocycles. The van der Waals surface area contributed by atoms with Gasteiger partial charge in [-0.3, -0.25) is 4.98 Å². The Morgan fingerprint density at radius 1 is 1.27 bits per heavy atom. The Morgan fingerprint density at radius 3 is 2.91 bits per heavy atom. The van der Waals surface area contributed by atoms with Crippen LogP contribution in [0, 0.1) is 6.92 Å². The van der Waals surface area contributed by atoms with Crippen LogP contribution in [0.2, 0.25) is 0 Å². The Labute approximate surface area is 134 Å². The molecule has 5 heteroatoms. The molecule has 0 amide bonds. The van der Waals surface area contributed by atoms with Crippen molar-refractivity contribution in [2.45, 2.75) is 25.2 Å². The van der Waals surface area contributed by atoms with E-state index in [4.69, 9.17) is 9.72 Å². The fourth-order valence-corrected chi connectivity index (χ4v) is 2.97. The zero-order chi connectivity index (χ0) is 15.5. The van der Waals surface area contributed by atoms with Crippen LogP contribution >= 0.6 is 11.8 Å². The quantitative estimate of drug-likeness (QED) is 0.707. The van der Waals surface area contributed by atoms with Crippen LogP contribution < -0.4 is 4.74 Å². The molecular weight excluding hydrogens is 294 g/mol. The molecule has 0 bridgehead atoms. The van der Waals surface area contributed by atoms with Gasteiger partial charge in [-0.15, -0.1) is 11.8 Å². The number of nitrogens with one attached hydrogen (secondary N) is 1. The third kappa shape index (κ3) is 2.68. The highest BCUT2D eigenvalue weighted by Crippen LogP contribution is 2.30. The van der Waals surface area contributed by atoms with Gasteiger partial charge < -0.3 is 9.72 Å². The molecule has 1 aromatic carbocycles. The van der Waals surface area contributed by atoms with Crippen LogP contribution in [-0.2, 0) is 0 Å². The van der Waals surface area contributed by atoms with Crippen molar-refractivity contribution in [3.05, 3.63) is 36.0 Å². The van der Waals surface area contributed by atoms with E-state index >= 15 is 0 Å². The smallest absolute Gasteiger partial charge is 0.157 e. The highest BCUT2D eigenvalue weighted by Gasteiger charge is 2.14. The van der Waals surface area contributed by atoms with Crippen molar-refractivity contribution in [1.82, 2.24) is 15.0 Å². The summed E-state index contributed by atoms with van der Waals surface area (Å²) in [7, 11) is 0. The average Bonchev–Trinajstić information content (AvgIpc) is 2.97. The number of para-hydroxylation sites is 1. The van der Waals surface area contributed by atoms with Crippen molar-refractivity contribution >= 4 is 22.8 Å². The highest BCUT2D eigenvalue weighted by atomic mass is 32.2. The zero-order valence-corrected chi connectivity index (χ0v) is 13.8. The van der Waals surface area contributed by atoms with Crippen molar-refractivity contribution in [3.8, 4) is 17.3 Å². The van der Waals surface area contributed by atoms with Crippen molar-refractivity contribution in [2.24, 2.45) is 0 Å². The van der Waals surface area contributed by atoms with Crippen molar-refractivity contribution in [1.29, 1.82) is 0 Å². The van der Waals surface area contributed by atoms with E-state index in [0.717, 1.165) is 45.2 Å². The normalized spacial score (nSPS) is 11.0. The molecule has 0 unspecified atom stereocenters. The van der Waals surface area contributed by atoms with E-state index in [1.165, 1.54) is 0 Å². The number of nitrogens with zero attached hydrogens (tertiary/aromatic N) is 2. The Morgan fingerprint density at radius 2 is 2.14 bits per heavy atom. The van der Waals surface area contributed by atoms with Gasteiger partial charge in [0.2, 0.25) is 0 Å². The van der Waals surface area contributed by atoms with Crippen LogP contribution in [-0.4, -0.2) is 27.8 Å². The number of hydrogen-bond donors (Lipinski definition) is 1. The van der Waals surface area contributed by atoms with Gasteiger partial charge in [-0.2, -0.15) is 0 Å². The average molecular weight is 313 g/mol. The number of H-pyrrole nitrogens is 1. The predicted molar refractivity (Wildman–Crippen MR) is 91.6 cm³/mol. The number of hydrogen-bond acceptors (Lipinski definition) is 4. The lowest BCUT2D eigenvalue weighted by Gasteiger charge is -2.09. The predicted octanol–water partition coefficient (Wildman–Crippen LogP) is 4.44. The van der Waals surface area contributed by atoms with Crippen LogP contribution in [0.15, 0.2) is 35.4 Å². The van der Waals surface area contributed by atoms with Gasteiger partial charge in [0.15, 0.2) is 5.82 Å². The first-order valence-corrected chi connectivity index (χ1v) is 8.58. The topological polar surface area (TPSA) is 50.8 Å². The minimum absolute atomic E-state index is 0.709. The van der Waals surface area contributed by atoms with Gasteiger partial charge in [0.25, 0.3) is 0 Å². The maximum absolute atomic E-state index is 5.78. The lowest BCUT2D eigenvalue weighted by atomic mass is 10.2. The monoisotopic (exact) mass is 313 g/mol. The first kappa shape index (κ1) is 14.9. The number of rotatable bonds is 5. The van der Waals surface area contributed by atoms with Gasteiger partial charge >= 0.3 is 0 Å². The summed E-state index contributed by atoms with van der Waals surface area (Å²) in [5.74, 6) is 1.66. The number of benzene rings is 1. The van der Waals surface area contributed by atoms with E-state index in [2.05, 4.69) is 29.2 Å². The Kier molecular flexibility index (Phi) is 4.34. The minimum Gasteiger partial charge on any atom is -0.493 e. The van der Waals surface area contributed by atoms with E-state index in [0.29, 0.717) is 6.61 Å². The largest absolute Gasteiger partial charge is 0.493 e. The lowest BCUT2D eigenvalue weighted by Crippen LogP contribution is -1.99. The molecule has 0 aliphatic heterocycles. The maximum Gasteiger partial charge on any atom is 0.157 e. The van der Waals surface area contributed by atoms with E-state index in [1.807, 2.05) is 25.1 Å². The number of aromatic nitrogens is 3. The Bertz CT molecular complexity index is 798. The number of aromatic amines is 1. The molecule has 0 saturated carbocycles. The molecular formula is C17H19N3OS. The molecule has 0 spiro atoms. The molecule has 0 aliphatic carbocycles. The van der Waals surface area contributed by atoms with E-state index in [-0.39, 0.29) is 0 Å². The van der Waals surface area contributed by atoms with Crippen LogP contribution in [0.4, 0.5) is 0 Å². The molecule has 3 aromatic rings. The first-order valence-electron chi connectivity index (χ1n) is 7.36. The number of imidazole rings is 1. The lowest BCUT2D eigenvalue weighted by molar-refractivity contribution is 0.315. The number of thioether (sulfide) groups is 1. The summed E-state index contributed by atoms with van der Waals surface area (Å²) in [6.07, 6.45) is 4.82. The first-order chi connectivity index (χ1) is 10.7. The van der Waals surface area contributed by atoms with Gasteiger partial charge in [-0.25, -0.2) is 4.98 Å². The van der Waals surface area contributed by atoms with Gasteiger partial charge in [-0.05, 0) is 37.8 Å². The molecule has 0 saturated heterocycles. The minimum atomic E-state index is 0.709. The summed E-state index contributed by atoms with van der Waals surface area (Å²) >= 11 is 1.70. The molecule has 22 heavy (non-hydrogen) atoms. The summed E-state index contributed by atoms with van der Waals surface area (Å²) in [6, 6.07) is 8.07. The Balaban J connectivity index is 2.07.